The highest BCUT2D eigenvalue weighted by Gasteiger charge is 2.23. The standard InChI is InChI=1S/C20H29N3O2.ClH/c24-19(10-9-17-5-2-1-3-6-17)22-11-4-12-23(14-13-22)20(25)16-21-15-18-7-8-18;/h1-3,5-6,18,21H,4,7-16H2;1H. The van der Waals surface area contributed by atoms with Crippen molar-refractivity contribution in [2.24, 2.45) is 5.92 Å². The van der Waals surface area contributed by atoms with Crippen molar-refractivity contribution in [3.8, 4) is 0 Å². The lowest BCUT2D eigenvalue weighted by atomic mass is 10.1. The van der Waals surface area contributed by atoms with Gasteiger partial charge in [-0.1, -0.05) is 30.3 Å². The Morgan fingerprint density at radius 2 is 1.62 bits per heavy atom. The molecule has 1 N–H and O–H groups in total. The Hall–Kier alpha value is -1.59. The van der Waals surface area contributed by atoms with Crippen molar-refractivity contribution in [2.45, 2.75) is 32.1 Å². The molecule has 0 spiro atoms. The summed E-state index contributed by atoms with van der Waals surface area (Å²) >= 11 is 0. The minimum atomic E-state index is 0. The van der Waals surface area contributed by atoms with Crippen molar-refractivity contribution in [1.82, 2.24) is 15.1 Å². The molecular weight excluding hydrogens is 350 g/mol. The van der Waals surface area contributed by atoms with Gasteiger partial charge < -0.3 is 15.1 Å². The van der Waals surface area contributed by atoms with Gasteiger partial charge in [-0.3, -0.25) is 9.59 Å². The molecule has 1 heterocycles. The molecule has 2 amide bonds. The summed E-state index contributed by atoms with van der Waals surface area (Å²) in [5, 5.41) is 3.27. The number of carbonyl (C=O) groups excluding carboxylic acids is 2. The van der Waals surface area contributed by atoms with E-state index in [0.717, 1.165) is 38.4 Å². The van der Waals surface area contributed by atoms with Gasteiger partial charge in [-0.05, 0) is 43.7 Å². The number of aryl methyl sites for hydroxylation is 1. The number of halogens is 1. The summed E-state index contributed by atoms with van der Waals surface area (Å²) in [6.07, 6.45) is 4.78. The van der Waals surface area contributed by atoms with Crippen LogP contribution in [-0.2, 0) is 16.0 Å². The van der Waals surface area contributed by atoms with Gasteiger partial charge in [-0.15, -0.1) is 12.4 Å². The summed E-state index contributed by atoms with van der Waals surface area (Å²) in [4.78, 5) is 28.6. The summed E-state index contributed by atoms with van der Waals surface area (Å²) in [6.45, 7) is 4.21. The van der Waals surface area contributed by atoms with Gasteiger partial charge in [0.15, 0.2) is 0 Å². The van der Waals surface area contributed by atoms with Crippen LogP contribution in [0.1, 0.15) is 31.2 Å². The molecule has 1 aliphatic carbocycles. The van der Waals surface area contributed by atoms with Crippen LogP contribution in [0.15, 0.2) is 30.3 Å². The number of rotatable bonds is 7. The molecule has 1 aliphatic heterocycles. The molecule has 26 heavy (non-hydrogen) atoms. The molecule has 2 aliphatic rings. The van der Waals surface area contributed by atoms with Crippen LogP contribution in [0.3, 0.4) is 0 Å². The van der Waals surface area contributed by atoms with E-state index in [1.165, 1.54) is 18.4 Å². The van der Waals surface area contributed by atoms with Gasteiger partial charge in [0.2, 0.25) is 11.8 Å². The largest absolute Gasteiger partial charge is 0.341 e. The topological polar surface area (TPSA) is 52.7 Å². The van der Waals surface area contributed by atoms with Crippen LogP contribution in [0.2, 0.25) is 0 Å². The van der Waals surface area contributed by atoms with E-state index in [9.17, 15) is 9.59 Å². The Bertz CT molecular complexity index is 578. The zero-order chi connectivity index (χ0) is 17.5. The zero-order valence-electron chi connectivity index (χ0n) is 15.4. The number of nitrogens with zero attached hydrogens (tertiary/aromatic N) is 2. The van der Waals surface area contributed by atoms with E-state index < -0.39 is 0 Å². The smallest absolute Gasteiger partial charge is 0.236 e. The second kappa shape index (κ2) is 10.5. The molecule has 6 heteroatoms. The molecule has 2 fully saturated rings. The summed E-state index contributed by atoms with van der Waals surface area (Å²) in [6, 6.07) is 10.1. The van der Waals surface area contributed by atoms with Crippen molar-refractivity contribution < 1.29 is 9.59 Å². The van der Waals surface area contributed by atoms with E-state index in [1.54, 1.807) is 0 Å². The average Bonchev–Trinajstić information content (AvgIpc) is 3.47. The highest BCUT2D eigenvalue weighted by molar-refractivity contribution is 5.85. The molecule has 0 radical (unpaired) electrons. The maximum absolute atomic E-state index is 12.5. The predicted octanol–water partition coefficient (Wildman–Crippen LogP) is 2.10. The SMILES string of the molecule is Cl.O=C(CCc1ccccc1)N1CCCN(C(=O)CNCC2CC2)CC1. The van der Waals surface area contributed by atoms with E-state index in [0.29, 0.717) is 26.1 Å². The first-order valence-corrected chi connectivity index (χ1v) is 9.52. The minimum Gasteiger partial charge on any atom is -0.341 e. The summed E-state index contributed by atoms with van der Waals surface area (Å²) < 4.78 is 0. The van der Waals surface area contributed by atoms with Crippen LogP contribution in [-0.4, -0.2) is 60.9 Å². The lowest BCUT2D eigenvalue weighted by molar-refractivity contribution is -0.133. The van der Waals surface area contributed by atoms with Gasteiger partial charge >= 0.3 is 0 Å². The highest BCUT2D eigenvalue weighted by atomic mass is 35.5. The first kappa shape index (κ1) is 20.7. The van der Waals surface area contributed by atoms with E-state index >= 15 is 0 Å². The fourth-order valence-corrected chi connectivity index (χ4v) is 3.29. The number of benzene rings is 1. The Labute approximate surface area is 162 Å². The van der Waals surface area contributed by atoms with Crippen LogP contribution in [0.4, 0.5) is 0 Å². The molecule has 0 unspecified atom stereocenters. The minimum absolute atomic E-state index is 0. The third-order valence-electron chi connectivity index (χ3n) is 5.08. The lowest BCUT2D eigenvalue weighted by Gasteiger charge is -2.22. The molecule has 3 rings (SSSR count). The lowest BCUT2D eigenvalue weighted by Crippen LogP contribution is -2.41. The van der Waals surface area contributed by atoms with Crippen LogP contribution in [0.25, 0.3) is 0 Å². The molecule has 1 aromatic carbocycles. The summed E-state index contributed by atoms with van der Waals surface area (Å²) in [5.74, 6) is 1.15. The van der Waals surface area contributed by atoms with Crippen molar-refractivity contribution >= 4 is 24.2 Å². The van der Waals surface area contributed by atoms with Gasteiger partial charge in [0.05, 0.1) is 6.54 Å². The Balaban J connectivity index is 0.00000243. The normalized spacial score (nSPS) is 17.4. The molecule has 5 nitrogen and oxygen atoms in total. The molecule has 144 valence electrons. The van der Waals surface area contributed by atoms with Gasteiger partial charge in [0.1, 0.15) is 0 Å². The quantitative estimate of drug-likeness (QED) is 0.789. The molecule has 0 aromatic heterocycles. The van der Waals surface area contributed by atoms with Crippen molar-refractivity contribution in [2.75, 3.05) is 39.3 Å². The molecule has 1 saturated carbocycles. The van der Waals surface area contributed by atoms with Crippen LogP contribution < -0.4 is 5.32 Å². The van der Waals surface area contributed by atoms with Crippen LogP contribution >= 0.6 is 12.4 Å². The van der Waals surface area contributed by atoms with E-state index in [4.69, 9.17) is 0 Å². The first-order chi connectivity index (χ1) is 12.2. The second-order valence-corrected chi connectivity index (χ2v) is 7.18. The van der Waals surface area contributed by atoms with Gasteiger partial charge in [-0.25, -0.2) is 0 Å². The molecular formula is C20H30ClN3O2. The zero-order valence-corrected chi connectivity index (χ0v) is 16.2. The fraction of sp³-hybridized carbons (Fsp3) is 0.600. The maximum Gasteiger partial charge on any atom is 0.236 e. The van der Waals surface area contributed by atoms with Gasteiger partial charge in [0.25, 0.3) is 0 Å². The van der Waals surface area contributed by atoms with E-state index in [1.807, 2.05) is 28.0 Å². The fourth-order valence-electron chi connectivity index (χ4n) is 3.29. The molecule has 0 bridgehead atoms. The third-order valence-corrected chi connectivity index (χ3v) is 5.08. The number of nitrogens with one attached hydrogen (secondary N) is 1. The van der Waals surface area contributed by atoms with Crippen molar-refractivity contribution in [3.63, 3.8) is 0 Å². The van der Waals surface area contributed by atoms with E-state index in [2.05, 4.69) is 17.4 Å². The highest BCUT2D eigenvalue weighted by Crippen LogP contribution is 2.27. The number of amides is 2. The monoisotopic (exact) mass is 379 g/mol. The van der Waals surface area contributed by atoms with Crippen molar-refractivity contribution in [3.05, 3.63) is 35.9 Å². The predicted molar refractivity (Wildman–Crippen MR) is 105 cm³/mol. The Kier molecular flexibility index (Phi) is 8.39. The van der Waals surface area contributed by atoms with Crippen LogP contribution in [0, 0.1) is 5.92 Å². The van der Waals surface area contributed by atoms with Crippen molar-refractivity contribution in [1.29, 1.82) is 0 Å². The van der Waals surface area contributed by atoms with Crippen LogP contribution in [0.5, 0.6) is 0 Å². The molecule has 1 saturated heterocycles. The van der Waals surface area contributed by atoms with Gasteiger partial charge in [-0.2, -0.15) is 0 Å². The average molecular weight is 380 g/mol. The second-order valence-electron chi connectivity index (χ2n) is 7.18. The third kappa shape index (κ3) is 6.61. The Morgan fingerprint density at radius 1 is 0.962 bits per heavy atom. The van der Waals surface area contributed by atoms with Gasteiger partial charge in [0, 0.05) is 32.6 Å². The Morgan fingerprint density at radius 3 is 2.27 bits per heavy atom. The first-order valence-electron chi connectivity index (χ1n) is 9.52. The van der Waals surface area contributed by atoms with E-state index in [-0.39, 0.29) is 24.2 Å². The molecule has 0 atom stereocenters. The summed E-state index contributed by atoms with van der Waals surface area (Å²) in [7, 11) is 0. The number of hydrogen-bond acceptors (Lipinski definition) is 3. The summed E-state index contributed by atoms with van der Waals surface area (Å²) in [5.41, 5.74) is 1.20. The maximum atomic E-state index is 12.5. The number of hydrogen-bond donors (Lipinski definition) is 1. The molecule has 1 aromatic rings. The number of carbonyl (C=O) groups is 2.